The third-order valence-corrected chi connectivity index (χ3v) is 1.77. The van der Waals surface area contributed by atoms with Gasteiger partial charge in [-0.2, -0.15) is 0 Å². The monoisotopic (exact) mass is 202 g/mol. The van der Waals surface area contributed by atoms with E-state index in [1.54, 1.807) is 0 Å². The molecule has 0 aromatic heterocycles. The highest BCUT2D eigenvalue weighted by Crippen LogP contribution is 2.09. The Kier molecular flexibility index (Phi) is 3.59. The van der Waals surface area contributed by atoms with Gasteiger partial charge in [-0.3, -0.25) is 0 Å². The normalized spacial score (nSPS) is 45.7. The summed E-state index contributed by atoms with van der Waals surface area (Å²) in [5.41, 5.74) is 0. The Hall–Kier alpha value is 0.0900. The molecule has 0 bridgehead atoms. The van der Waals surface area contributed by atoms with Gasteiger partial charge in [0.15, 0.2) is 0 Å². The fourth-order valence-electron chi connectivity index (χ4n) is 1.04. The van der Waals surface area contributed by atoms with E-state index in [1.165, 1.54) is 0 Å². The molecule has 0 aromatic carbocycles. The third-order valence-electron chi connectivity index (χ3n) is 1.77. The van der Waals surface area contributed by atoms with E-state index in [4.69, 9.17) is 18.1 Å². The Bertz CT molecular complexity index is 191. The lowest BCUT2D eigenvalue weighted by Gasteiger charge is -2.34. The standard InChI is InChI=1S/C6H13NO4.ClH/c8-2-3-5(10)6(11)4(9)1-7-3;/h3-11H,1-2H2;1H/t3-,4+,5-,6-;/m1./s1/i2D2,7+1;. The van der Waals surface area contributed by atoms with Crippen LogP contribution in [0.15, 0.2) is 0 Å². The van der Waals surface area contributed by atoms with Gasteiger partial charge in [-0.1, -0.05) is 0 Å². The number of nitrogens with one attached hydrogen (secondary N) is 1. The molecule has 5 nitrogen and oxygen atoms in total. The molecule has 0 aliphatic carbocycles. The zero-order valence-corrected chi connectivity index (χ0v) is 7.03. The first-order valence-corrected chi connectivity index (χ1v) is 3.34. The summed E-state index contributed by atoms with van der Waals surface area (Å²) < 4.78 is 13.8. The number of hydrogen-bond donors (Lipinski definition) is 5. The molecule has 1 saturated heterocycles. The van der Waals surface area contributed by atoms with Gasteiger partial charge in [0.25, 0.3) is 0 Å². The smallest absolute Gasteiger partial charge is 0.109 e. The number of piperidine rings is 1. The molecule has 0 saturated carbocycles. The van der Waals surface area contributed by atoms with E-state index in [2.05, 4.69) is 5.32 Å². The molecule has 1 fully saturated rings. The van der Waals surface area contributed by atoms with Crippen LogP contribution in [0.4, 0.5) is 0 Å². The second-order valence-electron chi connectivity index (χ2n) is 2.56. The molecule has 0 spiro atoms. The van der Waals surface area contributed by atoms with E-state index in [9.17, 15) is 5.11 Å². The van der Waals surface area contributed by atoms with E-state index >= 15 is 0 Å². The average molecular weight is 203 g/mol. The Morgan fingerprint density at radius 2 is 1.92 bits per heavy atom. The fourth-order valence-corrected chi connectivity index (χ4v) is 1.04. The maximum atomic E-state index is 9.27. The SMILES string of the molecule is Cl.[2H]C([2H])(O)[C@H]1[15NH]C[C@H](O)[C@@H](O)[C@@H]1O. The van der Waals surface area contributed by atoms with E-state index in [-0.39, 0.29) is 19.0 Å². The first-order valence-electron chi connectivity index (χ1n) is 4.34. The van der Waals surface area contributed by atoms with Crippen LogP contribution in [-0.4, -0.2) is 57.9 Å². The second-order valence-corrected chi connectivity index (χ2v) is 2.56. The maximum absolute atomic E-state index is 9.27. The topological polar surface area (TPSA) is 93.0 Å². The Morgan fingerprint density at radius 1 is 1.33 bits per heavy atom. The molecule has 5 N–H and O–H groups in total. The largest absolute Gasteiger partial charge is 0.395 e. The van der Waals surface area contributed by atoms with Crippen LogP contribution in [0.1, 0.15) is 2.74 Å². The van der Waals surface area contributed by atoms with E-state index in [0.717, 1.165) is 0 Å². The zero-order valence-electron chi connectivity index (χ0n) is 8.21. The van der Waals surface area contributed by atoms with Crippen molar-refractivity contribution in [2.24, 2.45) is 0 Å². The van der Waals surface area contributed by atoms with Crippen molar-refractivity contribution in [3.8, 4) is 0 Å². The number of hydrogen-bond acceptors (Lipinski definition) is 5. The highest BCUT2D eigenvalue weighted by Gasteiger charge is 2.35. The fraction of sp³-hybridized carbons (Fsp3) is 1.00. The molecule has 0 unspecified atom stereocenters. The van der Waals surface area contributed by atoms with Gasteiger partial charge in [-0.05, 0) is 0 Å². The minimum Gasteiger partial charge on any atom is -0.395 e. The van der Waals surface area contributed by atoms with Crippen LogP contribution in [0.5, 0.6) is 0 Å². The van der Waals surface area contributed by atoms with Crippen LogP contribution >= 0.6 is 12.4 Å². The van der Waals surface area contributed by atoms with Gasteiger partial charge in [-0.15, -0.1) is 12.4 Å². The van der Waals surface area contributed by atoms with Crippen molar-refractivity contribution in [2.45, 2.75) is 24.4 Å². The number of rotatable bonds is 1. The van der Waals surface area contributed by atoms with E-state index in [0.29, 0.717) is 0 Å². The van der Waals surface area contributed by atoms with Crippen LogP contribution in [0.2, 0.25) is 0 Å². The van der Waals surface area contributed by atoms with Gasteiger partial charge >= 0.3 is 0 Å². The van der Waals surface area contributed by atoms with Gasteiger partial charge in [-0.25, -0.2) is 0 Å². The molecule has 6 heteroatoms. The first-order chi connectivity index (χ1) is 5.84. The van der Waals surface area contributed by atoms with Crippen molar-refractivity contribution in [1.82, 2.24) is 5.32 Å². The summed E-state index contributed by atoms with van der Waals surface area (Å²) in [6.45, 7) is -2.69. The highest BCUT2D eigenvalue weighted by atomic mass is 35.5. The minimum atomic E-state index is -2.62. The minimum absolute atomic E-state index is 0. The number of halogens is 1. The van der Waals surface area contributed by atoms with Crippen molar-refractivity contribution in [1.29, 1.82) is 0 Å². The van der Waals surface area contributed by atoms with Gasteiger partial charge in [0.2, 0.25) is 0 Å². The lowest BCUT2D eigenvalue weighted by molar-refractivity contribution is -0.101. The quantitative estimate of drug-likeness (QED) is 0.302. The molecule has 12 heavy (non-hydrogen) atoms. The summed E-state index contributed by atoms with van der Waals surface area (Å²) in [5.74, 6) is 0. The van der Waals surface area contributed by atoms with Crippen molar-refractivity contribution in [3.05, 3.63) is 0 Å². The average Bonchev–Trinajstić information content (AvgIpc) is 1.98. The third kappa shape index (κ3) is 2.29. The number of aliphatic hydroxyl groups is 4. The van der Waals surface area contributed by atoms with Crippen LogP contribution in [0.25, 0.3) is 0 Å². The summed E-state index contributed by atoms with van der Waals surface area (Å²) in [7, 11) is 0. The predicted octanol–water partition coefficient (Wildman–Crippen LogP) is -2.55. The highest BCUT2D eigenvalue weighted by molar-refractivity contribution is 5.85. The van der Waals surface area contributed by atoms with Gasteiger partial charge in [0.05, 0.1) is 27.6 Å². The summed E-state index contributed by atoms with van der Waals surface area (Å²) in [6, 6.07) is -1.29. The summed E-state index contributed by atoms with van der Waals surface area (Å²) >= 11 is 0. The lowest BCUT2D eigenvalue weighted by Crippen LogP contribution is -2.60. The van der Waals surface area contributed by atoms with Crippen molar-refractivity contribution in [3.63, 3.8) is 0 Å². The molecule has 0 radical (unpaired) electrons. The van der Waals surface area contributed by atoms with Crippen molar-refractivity contribution >= 4 is 12.4 Å². The predicted molar refractivity (Wildman–Crippen MR) is 44.1 cm³/mol. The number of aliphatic hydroxyl groups excluding tert-OH is 3. The molecule has 0 amide bonds. The van der Waals surface area contributed by atoms with Crippen molar-refractivity contribution in [2.75, 3.05) is 13.1 Å². The zero-order chi connectivity index (χ0) is 10.2. The Balaban J connectivity index is 0.00000169. The van der Waals surface area contributed by atoms with Crippen LogP contribution in [0.3, 0.4) is 0 Å². The molecule has 1 aliphatic rings. The van der Waals surface area contributed by atoms with Crippen LogP contribution in [0, 0.1) is 0 Å². The molecule has 1 aliphatic heterocycles. The molecule has 4 atom stereocenters. The first kappa shape index (κ1) is 8.68. The molecular formula is C6H14ClNO4. The Morgan fingerprint density at radius 3 is 2.42 bits per heavy atom. The van der Waals surface area contributed by atoms with Gasteiger partial charge in [0.1, 0.15) is 6.10 Å². The molecule has 74 valence electrons. The summed E-state index contributed by atoms with van der Waals surface area (Å²) in [6.07, 6.45) is -4.11. The maximum Gasteiger partial charge on any atom is 0.109 e. The summed E-state index contributed by atoms with van der Waals surface area (Å²) in [4.78, 5) is 0. The number of β-amino-alcohol motifs (C(OH)–C–C–N with tert-alkyl or cyclic N) is 1. The molecule has 1 heterocycles. The Labute approximate surface area is 79.2 Å². The van der Waals surface area contributed by atoms with Crippen LogP contribution < -0.4 is 5.32 Å². The van der Waals surface area contributed by atoms with Crippen molar-refractivity contribution < 1.29 is 23.2 Å². The second kappa shape index (κ2) is 4.96. The molecule has 0 aromatic rings. The molecule has 1 rings (SSSR count). The summed E-state index contributed by atoms with van der Waals surface area (Å²) in [5, 5.41) is 38.8. The van der Waals surface area contributed by atoms with Gasteiger partial charge in [0, 0.05) is 6.54 Å². The van der Waals surface area contributed by atoms with Crippen LogP contribution in [-0.2, 0) is 0 Å². The van der Waals surface area contributed by atoms with Gasteiger partial charge < -0.3 is 25.7 Å². The molecular weight excluding hydrogens is 187 g/mol. The lowest BCUT2D eigenvalue weighted by atomic mass is 9.99. The van der Waals surface area contributed by atoms with E-state index in [1.807, 2.05) is 0 Å². The van der Waals surface area contributed by atoms with E-state index < -0.39 is 30.9 Å².